The van der Waals surface area contributed by atoms with Crippen molar-refractivity contribution in [1.82, 2.24) is 4.90 Å². The van der Waals surface area contributed by atoms with Crippen LogP contribution in [0, 0.1) is 5.92 Å². The van der Waals surface area contributed by atoms with Crippen LogP contribution >= 0.6 is 15.9 Å². The number of rotatable bonds is 2. The largest absolute Gasteiger partial charge is 0.385 e. The molecule has 1 aliphatic carbocycles. The lowest BCUT2D eigenvalue weighted by Crippen LogP contribution is -2.47. The molecule has 22 heavy (non-hydrogen) atoms. The molecule has 1 saturated carbocycles. The third-order valence-corrected chi connectivity index (χ3v) is 5.77. The molecule has 1 saturated heterocycles. The van der Waals surface area contributed by atoms with Crippen LogP contribution in [0.3, 0.4) is 0 Å². The summed E-state index contributed by atoms with van der Waals surface area (Å²) in [7, 11) is 0. The monoisotopic (exact) mass is 365 g/mol. The molecule has 1 N–H and O–H groups in total. The number of carbonyl (C=O) groups excluding carboxylic acids is 1. The minimum atomic E-state index is -0.788. The van der Waals surface area contributed by atoms with Crippen LogP contribution < -0.4 is 0 Å². The van der Waals surface area contributed by atoms with Gasteiger partial charge in [-0.25, -0.2) is 0 Å². The molecule has 0 spiro atoms. The molecule has 4 heteroatoms. The fourth-order valence-corrected chi connectivity index (χ4v) is 4.02. The molecule has 0 aromatic heterocycles. The number of carbonyl (C=O) groups is 1. The average molecular weight is 366 g/mol. The number of hydrogen-bond donors (Lipinski definition) is 1. The Balaban J connectivity index is 1.61. The number of nitrogens with zero attached hydrogens (tertiary/aromatic N) is 1. The minimum Gasteiger partial charge on any atom is -0.385 e. The van der Waals surface area contributed by atoms with Crippen LogP contribution in [0.5, 0.6) is 0 Å². The summed E-state index contributed by atoms with van der Waals surface area (Å²) in [5.74, 6) is 0.546. The second kappa shape index (κ2) is 6.71. The second-order valence-electron chi connectivity index (χ2n) is 6.70. The predicted octanol–water partition coefficient (Wildman–Crippen LogP) is 3.84. The van der Waals surface area contributed by atoms with E-state index in [2.05, 4.69) is 15.9 Å². The molecule has 120 valence electrons. The van der Waals surface area contributed by atoms with Crippen LogP contribution in [0.4, 0.5) is 0 Å². The van der Waals surface area contributed by atoms with Crippen molar-refractivity contribution in [2.75, 3.05) is 13.1 Å². The van der Waals surface area contributed by atoms with Gasteiger partial charge in [0.2, 0.25) is 5.91 Å². The van der Waals surface area contributed by atoms with Gasteiger partial charge in [-0.1, -0.05) is 47.3 Å². The molecule has 1 amide bonds. The molecule has 3 nitrogen and oxygen atoms in total. The first kappa shape index (κ1) is 16.0. The predicted molar refractivity (Wildman–Crippen MR) is 90.4 cm³/mol. The third-order valence-electron chi connectivity index (χ3n) is 5.24. The molecule has 0 atom stereocenters. The SMILES string of the molecule is O=C(C1CCCCC1)N1CCC(O)(c2ccc(Br)cc2)CC1. The molecule has 2 aliphatic rings. The summed E-state index contributed by atoms with van der Waals surface area (Å²) >= 11 is 3.43. The summed E-state index contributed by atoms with van der Waals surface area (Å²) in [6.07, 6.45) is 7.01. The smallest absolute Gasteiger partial charge is 0.225 e. The van der Waals surface area contributed by atoms with E-state index in [1.807, 2.05) is 29.2 Å². The molecular weight excluding hydrogens is 342 g/mol. The minimum absolute atomic E-state index is 0.229. The Morgan fingerprint density at radius 2 is 1.68 bits per heavy atom. The van der Waals surface area contributed by atoms with Crippen LogP contribution in [-0.4, -0.2) is 29.0 Å². The zero-order chi connectivity index (χ0) is 15.6. The van der Waals surface area contributed by atoms with Crippen molar-refractivity contribution >= 4 is 21.8 Å². The summed E-state index contributed by atoms with van der Waals surface area (Å²) in [5, 5.41) is 10.9. The number of hydrogen-bond acceptors (Lipinski definition) is 2. The molecule has 1 aromatic carbocycles. The highest BCUT2D eigenvalue weighted by molar-refractivity contribution is 9.10. The zero-order valence-electron chi connectivity index (χ0n) is 12.9. The van der Waals surface area contributed by atoms with Gasteiger partial charge < -0.3 is 10.0 Å². The zero-order valence-corrected chi connectivity index (χ0v) is 14.5. The molecule has 2 fully saturated rings. The van der Waals surface area contributed by atoms with E-state index in [0.29, 0.717) is 31.8 Å². The molecule has 1 heterocycles. The van der Waals surface area contributed by atoms with Crippen molar-refractivity contribution in [3.63, 3.8) is 0 Å². The van der Waals surface area contributed by atoms with Gasteiger partial charge in [-0.05, 0) is 43.4 Å². The highest BCUT2D eigenvalue weighted by Crippen LogP contribution is 2.35. The van der Waals surface area contributed by atoms with Gasteiger partial charge >= 0.3 is 0 Å². The standard InChI is InChI=1S/C18H24BrNO2/c19-16-8-6-15(7-9-16)18(22)10-12-20(13-11-18)17(21)14-4-2-1-3-5-14/h6-9,14,22H,1-5,10-13H2. The van der Waals surface area contributed by atoms with E-state index in [1.165, 1.54) is 19.3 Å². The van der Waals surface area contributed by atoms with Crippen molar-refractivity contribution in [3.05, 3.63) is 34.3 Å². The summed E-state index contributed by atoms with van der Waals surface area (Å²) in [6.45, 7) is 1.34. The first-order valence-corrected chi connectivity index (χ1v) is 9.15. The molecule has 3 rings (SSSR count). The maximum absolute atomic E-state index is 12.6. The van der Waals surface area contributed by atoms with Crippen LogP contribution in [-0.2, 0) is 10.4 Å². The van der Waals surface area contributed by atoms with Gasteiger partial charge in [-0.15, -0.1) is 0 Å². The highest BCUT2D eigenvalue weighted by Gasteiger charge is 2.37. The Bertz CT molecular complexity index is 514. The number of piperidine rings is 1. The van der Waals surface area contributed by atoms with Gasteiger partial charge in [0.15, 0.2) is 0 Å². The summed E-state index contributed by atoms with van der Waals surface area (Å²) < 4.78 is 1.02. The van der Waals surface area contributed by atoms with Gasteiger partial charge in [0, 0.05) is 23.5 Å². The topological polar surface area (TPSA) is 40.5 Å². The molecule has 0 radical (unpaired) electrons. The van der Waals surface area contributed by atoms with Gasteiger partial charge in [-0.2, -0.15) is 0 Å². The van der Waals surface area contributed by atoms with Gasteiger partial charge in [0.25, 0.3) is 0 Å². The van der Waals surface area contributed by atoms with E-state index in [1.54, 1.807) is 0 Å². The fraction of sp³-hybridized carbons (Fsp3) is 0.611. The van der Waals surface area contributed by atoms with Gasteiger partial charge in [0.1, 0.15) is 0 Å². The normalized spacial score (nSPS) is 22.5. The van der Waals surface area contributed by atoms with E-state index < -0.39 is 5.60 Å². The molecule has 0 unspecified atom stereocenters. The third kappa shape index (κ3) is 3.38. The first-order valence-electron chi connectivity index (χ1n) is 8.36. The van der Waals surface area contributed by atoms with Crippen molar-refractivity contribution in [2.45, 2.75) is 50.5 Å². The lowest BCUT2D eigenvalue weighted by atomic mass is 9.83. The maximum atomic E-state index is 12.6. The van der Waals surface area contributed by atoms with E-state index >= 15 is 0 Å². The number of aliphatic hydroxyl groups is 1. The second-order valence-corrected chi connectivity index (χ2v) is 7.61. The van der Waals surface area contributed by atoms with Crippen LogP contribution in [0.15, 0.2) is 28.7 Å². The van der Waals surface area contributed by atoms with E-state index in [-0.39, 0.29) is 5.92 Å². The number of halogens is 1. The molecule has 1 aromatic rings. The van der Waals surface area contributed by atoms with Crippen molar-refractivity contribution in [2.24, 2.45) is 5.92 Å². The lowest BCUT2D eigenvalue weighted by Gasteiger charge is -2.40. The Hall–Kier alpha value is -0.870. The van der Waals surface area contributed by atoms with Crippen molar-refractivity contribution in [1.29, 1.82) is 0 Å². The Morgan fingerprint density at radius 3 is 2.27 bits per heavy atom. The Kier molecular flexibility index (Phi) is 4.88. The van der Waals surface area contributed by atoms with Gasteiger partial charge in [-0.3, -0.25) is 4.79 Å². The van der Waals surface area contributed by atoms with Crippen molar-refractivity contribution < 1.29 is 9.90 Å². The van der Waals surface area contributed by atoms with E-state index in [0.717, 1.165) is 22.9 Å². The van der Waals surface area contributed by atoms with Crippen molar-refractivity contribution in [3.8, 4) is 0 Å². The first-order chi connectivity index (χ1) is 10.6. The lowest BCUT2D eigenvalue weighted by molar-refractivity contribution is -0.141. The highest BCUT2D eigenvalue weighted by atomic mass is 79.9. The quantitative estimate of drug-likeness (QED) is 0.864. The molecule has 0 bridgehead atoms. The number of benzene rings is 1. The summed E-state index contributed by atoms with van der Waals surface area (Å²) in [5.41, 5.74) is 0.171. The Morgan fingerprint density at radius 1 is 1.09 bits per heavy atom. The molecule has 1 aliphatic heterocycles. The summed E-state index contributed by atoms with van der Waals surface area (Å²) in [6, 6.07) is 7.88. The van der Waals surface area contributed by atoms with Crippen LogP contribution in [0.2, 0.25) is 0 Å². The Labute approximate surface area is 140 Å². The van der Waals surface area contributed by atoms with E-state index in [9.17, 15) is 9.90 Å². The maximum Gasteiger partial charge on any atom is 0.225 e. The number of likely N-dealkylation sites (tertiary alicyclic amines) is 1. The van der Waals surface area contributed by atoms with Crippen LogP contribution in [0.25, 0.3) is 0 Å². The fourth-order valence-electron chi connectivity index (χ4n) is 3.75. The van der Waals surface area contributed by atoms with Crippen LogP contribution in [0.1, 0.15) is 50.5 Å². The van der Waals surface area contributed by atoms with Gasteiger partial charge in [0.05, 0.1) is 5.60 Å². The van der Waals surface area contributed by atoms with E-state index in [4.69, 9.17) is 0 Å². The number of amides is 1. The average Bonchev–Trinajstić information content (AvgIpc) is 2.56. The molecular formula is C18H24BrNO2. The summed E-state index contributed by atoms with van der Waals surface area (Å²) in [4.78, 5) is 14.6.